The van der Waals surface area contributed by atoms with Gasteiger partial charge < -0.3 is 4.57 Å². The Kier molecular flexibility index (Phi) is 5.26. The van der Waals surface area contributed by atoms with Gasteiger partial charge in [-0.2, -0.15) is 4.57 Å². The fourth-order valence-electron chi connectivity index (χ4n) is 6.86. The molecule has 2 aromatic heterocycles. The molecule has 6 aromatic rings. The Morgan fingerprint density at radius 2 is 1.45 bits per heavy atom. The van der Waals surface area contributed by atoms with Crippen molar-refractivity contribution in [2.24, 2.45) is 18.9 Å². The zero-order valence-electron chi connectivity index (χ0n) is 23.1. The van der Waals surface area contributed by atoms with E-state index < -0.39 is 0 Å². The Morgan fingerprint density at radius 3 is 2.24 bits per heavy atom. The number of fused-ring (bicyclic) bond motifs is 8. The van der Waals surface area contributed by atoms with E-state index in [2.05, 4.69) is 127 Å². The molecule has 4 aromatic carbocycles. The molecule has 0 bridgehead atoms. The van der Waals surface area contributed by atoms with E-state index in [9.17, 15) is 0 Å². The third-order valence-electron chi connectivity index (χ3n) is 8.29. The first kappa shape index (κ1) is 23.3. The lowest BCUT2D eigenvalue weighted by molar-refractivity contribution is -0.645. The molecular formula is C35H36N3+. The van der Waals surface area contributed by atoms with Gasteiger partial charge in [0, 0.05) is 45.5 Å². The van der Waals surface area contributed by atoms with Crippen LogP contribution in [0, 0.1) is 11.8 Å². The zero-order chi connectivity index (χ0) is 26.1. The molecule has 0 atom stereocenters. The smallest absolute Gasteiger partial charge is 0.295 e. The van der Waals surface area contributed by atoms with Gasteiger partial charge in [-0.15, -0.1) is 0 Å². The second-order valence-electron chi connectivity index (χ2n) is 11.9. The lowest BCUT2D eigenvalue weighted by atomic mass is 9.90. The molecular weight excluding hydrogens is 462 g/mol. The van der Waals surface area contributed by atoms with E-state index in [0.29, 0.717) is 11.8 Å². The summed E-state index contributed by atoms with van der Waals surface area (Å²) in [5, 5.41) is 2.78. The predicted molar refractivity (Wildman–Crippen MR) is 159 cm³/mol. The summed E-state index contributed by atoms with van der Waals surface area (Å²) in [5.41, 5.74) is 12.4. The summed E-state index contributed by atoms with van der Waals surface area (Å²) in [6.45, 7) is 10.3. The minimum atomic E-state index is 0.542. The molecule has 3 heterocycles. The lowest BCUT2D eigenvalue weighted by Crippen LogP contribution is -2.31. The van der Waals surface area contributed by atoms with Gasteiger partial charge in [-0.05, 0) is 55.0 Å². The summed E-state index contributed by atoms with van der Waals surface area (Å²) in [4.78, 5) is 0. The Labute approximate surface area is 225 Å². The van der Waals surface area contributed by atoms with Crippen molar-refractivity contribution in [3.63, 3.8) is 0 Å². The molecule has 1 aliphatic heterocycles. The number of hydrogen-bond acceptors (Lipinski definition) is 0. The zero-order valence-corrected chi connectivity index (χ0v) is 23.1. The number of rotatable bonds is 5. The SMILES string of the molecule is CC(C)Cc1cc2c(c(CC(C)C)c1-n1c3[n+](c4ccccc41)Cc1ccccc1-3)c1ccccc1n2C. The summed E-state index contributed by atoms with van der Waals surface area (Å²) in [5.74, 6) is 2.42. The maximum Gasteiger partial charge on any atom is 0.295 e. The van der Waals surface area contributed by atoms with Gasteiger partial charge >= 0.3 is 0 Å². The highest BCUT2D eigenvalue weighted by Crippen LogP contribution is 2.42. The van der Waals surface area contributed by atoms with Crippen LogP contribution in [0.25, 0.3) is 49.9 Å². The number of imidazole rings is 1. The third-order valence-corrected chi connectivity index (χ3v) is 8.29. The van der Waals surface area contributed by atoms with Gasteiger partial charge in [-0.1, -0.05) is 76.2 Å². The Hall–Kier alpha value is -3.85. The molecule has 3 heteroatoms. The minimum absolute atomic E-state index is 0.542. The van der Waals surface area contributed by atoms with Crippen molar-refractivity contribution in [2.75, 3.05) is 0 Å². The molecule has 38 heavy (non-hydrogen) atoms. The highest BCUT2D eigenvalue weighted by molar-refractivity contribution is 6.11. The van der Waals surface area contributed by atoms with Gasteiger partial charge in [-0.25, -0.2) is 4.57 Å². The Morgan fingerprint density at radius 1 is 0.763 bits per heavy atom. The highest BCUT2D eigenvalue weighted by atomic mass is 15.2. The number of hydrogen-bond donors (Lipinski definition) is 0. The molecule has 0 N–H and O–H groups in total. The van der Waals surface area contributed by atoms with Crippen molar-refractivity contribution < 1.29 is 4.57 Å². The lowest BCUT2D eigenvalue weighted by Gasteiger charge is -2.19. The fraction of sp³-hybridized carbons (Fsp3) is 0.286. The van der Waals surface area contributed by atoms with Gasteiger partial charge in [0.05, 0.1) is 5.56 Å². The summed E-state index contributed by atoms with van der Waals surface area (Å²) in [6.07, 6.45) is 2.09. The van der Waals surface area contributed by atoms with Crippen LogP contribution in [0.4, 0.5) is 0 Å². The highest BCUT2D eigenvalue weighted by Gasteiger charge is 2.37. The monoisotopic (exact) mass is 498 g/mol. The molecule has 0 saturated carbocycles. The first-order valence-electron chi connectivity index (χ1n) is 14.1. The quantitative estimate of drug-likeness (QED) is 0.214. The van der Waals surface area contributed by atoms with Gasteiger partial charge in [0.15, 0.2) is 11.0 Å². The molecule has 190 valence electrons. The standard InChI is InChI=1S/C35H36N3/c1-22(2)18-25-20-32-33(27-14-8-9-15-29(27)36(32)5)28(19-23(3)4)34(25)38-31-17-11-10-16-30(31)37-21-24-12-6-7-13-26(24)35(37)38/h6-17,20,22-23H,18-19,21H2,1-5H3/q+1. The van der Waals surface area contributed by atoms with Gasteiger partial charge in [0.25, 0.3) is 5.82 Å². The maximum atomic E-state index is 2.62. The molecule has 1 aliphatic rings. The van der Waals surface area contributed by atoms with E-state index >= 15 is 0 Å². The molecule has 0 spiro atoms. The van der Waals surface area contributed by atoms with Gasteiger partial charge in [-0.3, -0.25) is 0 Å². The molecule has 7 rings (SSSR count). The second-order valence-corrected chi connectivity index (χ2v) is 11.9. The normalized spacial score (nSPS) is 12.9. The van der Waals surface area contributed by atoms with Crippen molar-refractivity contribution >= 4 is 32.8 Å². The molecule has 0 aliphatic carbocycles. The van der Waals surface area contributed by atoms with Crippen LogP contribution in [-0.2, 0) is 26.4 Å². The van der Waals surface area contributed by atoms with Crippen molar-refractivity contribution in [1.82, 2.24) is 9.13 Å². The summed E-state index contributed by atoms with van der Waals surface area (Å²) >= 11 is 0. The number of aryl methyl sites for hydroxylation is 1. The number of nitrogens with zero attached hydrogens (tertiary/aromatic N) is 3. The van der Waals surface area contributed by atoms with Crippen LogP contribution in [0.5, 0.6) is 0 Å². The summed E-state index contributed by atoms with van der Waals surface area (Å²) < 4.78 is 7.56. The van der Waals surface area contributed by atoms with Crippen molar-refractivity contribution in [1.29, 1.82) is 0 Å². The summed E-state index contributed by atoms with van der Waals surface area (Å²) in [7, 11) is 2.23. The number of benzene rings is 4. The van der Waals surface area contributed by atoms with E-state index in [1.165, 1.54) is 66.6 Å². The molecule has 0 radical (unpaired) electrons. The van der Waals surface area contributed by atoms with Gasteiger partial charge in [0.2, 0.25) is 0 Å². The van der Waals surface area contributed by atoms with Gasteiger partial charge in [0.1, 0.15) is 12.2 Å². The van der Waals surface area contributed by atoms with Crippen LogP contribution in [0.3, 0.4) is 0 Å². The van der Waals surface area contributed by atoms with E-state index in [1.54, 1.807) is 0 Å². The Balaban J connectivity index is 1.70. The van der Waals surface area contributed by atoms with E-state index in [1.807, 2.05) is 0 Å². The second kappa shape index (κ2) is 8.59. The first-order chi connectivity index (χ1) is 18.4. The van der Waals surface area contributed by atoms with Crippen molar-refractivity contribution in [2.45, 2.75) is 47.1 Å². The first-order valence-corrected chi connectivity index (χ1v) is 14.1. The molecule has 0 unspecified atom stereocenters. The van der Waals surface area contributed by atoms with Crippen molar-refractivity contribution in [3.05, 3.63) is 95.6 Å². The van der Waals surface area contributed by atoms with Crippen LogP contribution in [-0.4, -0.2) is 9.13 Å². The minimum Gasteiger partial charge on any atom is -0.344 e. The maximum absolute atomic E-state index is 2.62. The molecule has 0 fully saturated rings. The number of aromatic nitrogens is 3. The van der Waals surface area contributed by atoms with Crippen LogP contribution < -0.4 is 4.57 Å². The fourth-order valence-corrected chi connectivity index (χ4v) is 6.86. The third kappa shape index (κ3) is 3.31. The molecule has 3 nitrogen and oxygen atoms in total. The summed E-state index contributed by atoms with van der Waals surface area (Å²) in [6, 6.07) is 29.4. The van der Waals surface area contributed by atoms with Crippen molar-refractivity contribution in [3.8, 4) is 17.1 Å². The number of para-hydroxylation sites is 3. The van der Waals surface area contributed by atoms with Crippen LogP contribution in [0.2, 0.25) is 0 Å². The van der Waals surface area contributed by atoms with E-state index in [-0.39, 0.29) is 0 Å². The predicted octanol–water partition coefficient (Wildman–Crippen LogP) is 7.99. The average molecular weight is 499 g/mol. The van der Waals surface area contributed by atoms with E-state index in [4.69, 9.17) is 0 Å². The largest absolute Gasteiger partial charge is 0.344 e. The molecule has 0 amide bonds. The average Bonchev–Trinajstić information content (AvgIpc) is 3.52. The Bertz CT molecular complexity index is 1860. The van der Waals surface area contributed by atoms with Crippen LogP contribution in [0.15, 0.2) is 78.9 Å². The van der Waals surface area contributed by atoms with E-state index in [0.717, 1.165) is 19.4 Å². The van der Waals surface area contributed by atoms with Crippen LogP contribution in [0.1, 0.15) is 44.4 Å². The topological polar surface area (TPSA) is 13.7 Å². The van der Waals surface area contributed by atoms with Crippen LogP contribution >= 0.6 is 0 Å². The molecule has 0 saturated heterocycles.